The van der Waals surface area contributed by atoms with Crippen LogP contribution in [-0.4, -0.2) is 31.9 Å². The molecule has 7 heteroatoms. The van der Waals surface area contributed by atoms with Gasteiger partial charge < -0.3 is 9.30 Å². The van der Waals surface area contributed by atoms with E-state index < -0.39 is 0 Å². The van der Waals surface area contributed by atoms with E-state index >= 15 is 0 Å². The lowest BCUT2D eigenvalue weighted by Gasteiger charge is -2.08. The van der Waals surface area contributed by atoms with E-state index in [0.29, 0.717) is 17.7 Å². The van der Waals surface area contributed by atoms with E-state index in [1.165, 1.54) is 86.2 Å². The summed E-state index contributed by atoms with van der Waals surface area (Å²) in [5.74, 6) is 0. The number of aromatic nitrogens is 4. The Bertz CT molecular complexity index is 913. The summed E-state index contributed by atoms with van der Waals surface area (Å²) in [6.07, 6.45) is 20.1. The zero-order valence-electron chi connectivity index (χ0n) is 21.3. The lowest BCUT2D eigenvalue weighted by molar-refractivity contribution is 0.125. The first-order chi connectivity index (χ1) is 16.1. The second-order valence-corrected chi connectivity index (χ2v) is 9.39. The molecule has 2 aromatic heterocycles. The molecule has 33 heavy (non-hydrogen) atoms. The molecular formula is C26H46N4O3. The van der Waals surface area contributed by atoms with Gasteiger partial charge in [-0.3, -0.25) is 13.9 Å². The first kappa shape index (κ1) is 27.4. The van der Waals surface area contributed by atoms with Crippen LogP contribution >= 0.6 is 0 Å². The highest BCUT2D eigenvalue weighted by atomic mass is 16.5. The molecule has 0 unspecified atom stereocenters. The van der Waals surface area contributed by atoms with E-state index in [-0.39, 0.29) is 11.2 Å². The van der Waals surface area contributed by atoms with Crippen molar-refractivity contribution in [1.82, 2.24) is 18.7 Å². The minimum absolute atomic E-state index is 0.232. The van der Waals surface area contributed by atoms with Crippen LogP contribution in [0.15, 0.2) is 15.9 Å². The Hall–Kier alpha value is -1.89. The number of ether oxygens (including phenoxy) is 1. The highest BCUT2D eigenvalue weighted by molar-refractivity contribution is 5.69. The summed E-state index contributed by atoms with van der Waals surface area (Å²) in [6, 6.07) is 0. The average Bonchev–Trinajstić information content (AvgIpc) is 3.20. The van der Waals surface area contributed by atoms with E-state index in [1.807, 2.05) is 0 Å². The molecule has 188 valence electrons. The summed E-state index contributed by atoms with van der Waals surface area (Å²) in [5.41, 5.74) is 0.434. The molecule has 2 aromatic rings. The van der Waals surface area contributed by atoms with Crippen LogP contribution in [0.5, 0.6) is 0 Å². The summed E-state index contributed by atoms with van der Waals surface area (Å²) in [6.45, 7) is 4.58. The summed E-state index contributed by atoms with van der Waals surface area (Å²) < 4.78 is 10.3. The second-order valence-electron chi connectivity index (χ2n) is 9.39. The SMILES string of the molecule is CCCCCCCCOCCCCCCCCCCCn1c(=O)c2c(ncn2C)n(C)c1=O. The number of fused-ring (bicyclic) bond motifs is 1. The van der Waals surface area contributed by atoms with E-state index in [4.69, 9.17) is 4.74 Å². The van der Waals surface area contributed by atoms with Gasteiger partial charge in [0.25, 0.3) is 5.56 Å². The third kappa shape index (κ3) is 9.11. The minimum Gasteiger partial charge on any atom is -0.381 e. The second kappa shape index (κ2) is 15.9. The van der Waals surface area contributed by atoms with Crippen LogP contribution in [0.4, 0.5) is 0 Å². The Kier molecular flexibility index (Phi) is 13.1. The van der Waals surface area contributed by atoms with Gasteiger partial charge in [0.15, 0.2) is 11.2 Å². The smallest absolute Gasteiger partial charge is 0.332 e. The van der Waals surface area contributed by atoms with E-state index in [2.05, 4.69) is 11.9 Å². The molecular weight excluding hydrogens is 416 g/mol. The first-order valence-corrected chi connectivity index (χ1v) is 13.3. The Labute approximate surface area is 199 Å². The Morgan fingerprint density at radius 3 is 1.85 bits per heavy atom. The van der Waals surface area contributed by atoms with Crippen LogP contribution in [0.25, 0.3) is 11.2 Å². The van der Waals surface area contributed by atoms with Crippen molar-refractivity contribution in [1.29, 1.82) is 0 Å². The molecule has 0 saturated carbocycles. The number of rotatable bonds is 19. The Morgan fingerprint density at radius 1 is 0.758 bits per heavy atom. The van der Waals surface area contributed by atoms with Crippen molar-refractivity contribution in [3.8, 4) is 0 Å². The Morgan fingerprint density at radius 2 is 1.27 bits per heavy atom. The molecule has 0 bridgehead atoms. The number of imidazole rings is 1. The molecule has 0 aliphatic carbocycles. The molecule has 2 rings (SSSR count). The van der Waals surface area contributed by atoms with Gasteiger partial charge in [-0.25, -0.2) is 9.78 Å². The molecule has 2 heterocycles. The third-order valence-corrected chi connectivity index (χ3v) is 6.51. The van der Waals surface area contributed by atoms with Gasteiger partial charge in [-0.05, 0) is 19.3 Å². The molecule has 0 aromatic carbocycles. The fraction of sp³-hybridized carbons (Fsp3) is 0.808. The molecule has 0 aliphatic rings. The maximum atomic E-state index is 12.7. The largest absolute Gasteiger partial charge is 0.381 e. The summed E-state index contributed by atoms with van der Waals surface area (Å²) in [5, 5.41) is 0. The van der Waals surface area contributed by atoms with Gasteiger partial charge in [0.05, 0.1) is 6.33 Å². The molecule has 0 fully saturated rings. The number of nitrogens with zero attached hydrogens (tertiary/aromatic N) is 4. The van der Waals surface area contributed by atoms with Gasteiger partial charge in [0.1, 0.15) is 0 Å². The molecule has 0 N–H and O–H groups in total. The normalized spacial score (nSPS) is 11.6. The predicted molar refractivity (Wildman–Crippen MR) is 136 cm³/mol. The highest BCUT2D eigenvalue weighted by Gasteiger charge is 2.14. The molecule has 0 atom stereocenters. The van der Waals surface area contributed by atoms with Crippen LogP contribution in [0.2, 0.25) is 0 Å². The lowest BCUT2D eigenvalue weighted by Crippen LogP contribution is -2.39. The van der Waals surface area contributed by atoms with Crippen molar-refractivity contribution in [2.75, 3.05) is 13.2 Å². The predicted octanol–water partition coefficient (Wildman–Crippen LogP) is 5.32. The van der Waals surface area contributed by atoms with Gasteiger partial charge in [0, 0.05) is 33.9 Å². The van der Waals surface area contributed by atoms with E-state index in [1.54, 1.807) is 25.0 Å². The van der Waals surface area contributed by atoms with Crippen molar-refractivity contribution < 1.29 is 4.74 Å². The van der Waals surface area contributed by atoms with Gasteiger partial charge in [-0.15, -0.1) is 0 Å². The maximum Gasteiger partial charge on any atom is 0.332 e. The lowest BCUT2D eigenvalue weighted by atomic mass is 10.1. The molecule has 0 spiro atoms. The van der Waals surface area contributed by atoms with Crippen LogP contribution < -0.4 is 11.2 Å². The standard InChI is InChI=1S/C26H46N4O3/c1-4-5-6-7-14-17-20-33-21-18-15-12-10-8-9-11-13-16-19-30-25(31)23-24(27-22-28(23)2)29(3)26(30)32/h22H,4-21H2,1-3H3. The number of unbranched alkanes of at least 4 members (excludes halogenated alkanes) is 13. The zero-order valence-corrected chi connectivity index (χ0v) is 21.3. The molecule has 7 nitrogen and oxygen atoms in total. The van der Waals surface area contributed by atoms with Crippen molar-refractivity contribution in [2.45, 2.75) is 110 Å². The number of hydrogen-bond acceptors (Lipinski definition) is 4. The van der Waals surface area contributed by atoms with Gasteiger partial charge >= 0.3 is 5.69 Å². The fourth-order valence-corrected chi connectivity index (χ4v) is 4.39. The molecule has 0 aliphatic heterocycles. The van der Waals surface area contributed by atoms with Gasteiger partial charge in [0.2, 0.25) is 0 Å². The molecule has 0 saturated heterocycles. The molecule has 0 amide bonds. The van der Waals surface area contributed by atoms with E-state index in [9.17, 15) is 9.59 Å². The quantitative estimate of drug-likeness (QED) is 0.265. The van der Waals surface area contributed by atoms with Crippen LogP contribution in [-0.2, 0) is 25.4 Å². The van der Waals surface area contributed by atoms with Crippen molar-refractivity contribution in [3.63, 3.8) is 0 Å². The average molecular weight is 463 g/mol. The summed E-state index contributed by atoms with van der Waals surface area (Å²) in [7, 11) is 3.46. The maximum absolute atomic E-state index is 12.7. The minimum atomic E-state index is -0.276. The summed E-state index contributed by atoms with van der Waals surface area (Å²) >= 11 is 0. The van der Waals surface area contributed by atoms with Crippen molar-refractivity contribution in [3.05, 3.63) is 27.2 Å². The van der Waals surface area contributed by atoms with Crippen LogP contribution in [0.1, 0.15) is 103 Å². The summed E-state index contributed by atoms with van der Waals surface area (Å²) in [4.78, 5) is 29.3. The highest BCUT2D eigenvalue weighted by Crippen LogP contribution is 2.11. The van der Waals surface area contributed by atoms with Crippen molar-refractivity contribution in [2.24, 2.45) is 14.1 Å². The fourth-order valence-electron chi connectivity index (χ4n) is 4.39. The first-order valence-electron chi connectivity index (χ1n) is 13.3. The van der Waals surface area contributed by atoms with E-state index in [0.717, 1.165) is 32.5 Å². The molecule has 0 radical (unpaired) electrons. The third-order valence-electron chi connectivity index (χ3n) is 6.51. The zero-order chi connectivity index (χ0) is 23.9. The van der Waals surface area contributed by atoms with Crippen LogP contribution in [0.3, 0.4) is 0 Å². The van der Waals surface area contributed by atoms with Gasteiger partial charge in [-0.2, -0.15) is 0 Å². The Balaban J connectivity index is 1.46. The number of aryl methyl sites for hydroxylation is 2. The van der Waals surface area contributed by atoms with Gasteiger partial charge in [-0.1, -0.05) is 84.0 Å². The van der Waals surface area contributed by atoms with Crippen molar-refractivity contribution >= 4 is 11.2 Å². The monoisotopic (exact) mass is 462 g/mol. The topological polar surface area (TPSA) is 71.1 Å². The number of hydrogen-bond donors (Lipinski definition) is 0. The van der Waals surface area contributed by atoms with Crippen LogP contribution in [0, 0.1) is 0 Å².